The molecule has 0 bridgehead atoms. The Labute approximate surface area is 238 Å². The van der Waals surface area contributed by atoms with Crippen molar-refractivity contribution in [3.63, 3.8) is 0 Å². The minimum absolute atomic E-state index is 0.0190. The summed E-state index contributed by atoms with van der Waals surface area (Å²) < 4.78 is 0.846. The van der Waals surface area contributed by atoms with E-state index in [2.05, 4.69) is 31.9 Å². The van der Waals surface area contributed by atoms with E-state index < -0.39 is 0 Å². The Morgan fingerprint density at radius 3 is 2.08 bits per heavy atom. The van der Waals surface area contributed by atoms with Crippen molar-refractivity contribution in [1.29, 1.82) is 0 Å². The van der Waals surface area contributed by atoms with Crippen molar-refractivity contribution in [2.45, 2.75) is 0 Å². The van der Waals surface area contributed by atoms with Gasteiger partial charge in [0, 0.05) is 42.1 Å². The van der Waals surface area contributed by atoms with Crippen LogP contribution >= 0.6 is 43.5 Å². The van der Waals surface area contributed by atoms with Crippen LogP contribution in [0, 0.1) is 0 Å². The van der Waals surface area contributed by atoms with Crippen molar-refractivity contribution in [2.75, 3.05) is 5.73 Å². The van der Waals surface area contributed by atoms with E-state index in [-0.39, 0.29) is 50.3 Å². The van der Waals surface area contributed by atoms with Crippen LogP contribution < -0.4 is 5.73 Å². The standard InChI is InChI=1S/C31H14Br2ClNO3/c32-20-10-4-9-18-23(20)31(38)24-25(30(18)37)28(35)22(27(34)26(24)33)14-11-13-5-3-8-17-21(13)19(12-14)15-6-1-2-7-16(15)29(17)36/h1-12H,35H2. The largest absolute Gasteiger partial charge is 0.398 e. The molecule has 7 heteroatoms. The third kappa shape index (κ3) is 2.99. The monoisotopic (exact) mass is 641 g/mol. The maximum Gasteiger partial charge on any atom is 0.196 e. The highest BCUT2D eigenvalue weighted by Crippen LogP contribution is 2.49. The topological polar surface area (TPSA) is 77.2 Å². The molecule has 0 saturated heterocycles. The van der Waals surface area contributed by atoms with Gasteiger partial charge < -0.3 is 5.73 Å². The van der Waals surface area contributed by atoms with Gasteiger partial charge in [-0.1, -0.05) is 82.1 Å². The highest BCUT2D eigenvalue weighted by Gasteiger charge is 2.37. The smallest absolute Gasteiger partial charge is 0.196 e. The second kappa shape index (κ2) is 8.21. The van der Waals surface area contributed by atoms with Crippen LogP contribution in [0.5, 0.6) is 0 Å². The molecule has 2 aliphatic rings. The zero-order chi connectivity index (χ0) is 26.5. The Balaban J connectivity index is 1.55. The lowest BCUT2D eigenvalue weighted by Crippen LogP contribution is -2.24. The average molecular weight is 644 g/mol. The zero-order valence-corrected chi connectivity index (χ0v) is 23.3. The van der Waals surface area contributed by atoms with Crippen LogP contribution in [0.4, 0.5) is 5.69 Å². The van der Waals surface area contributed by atoms with Gasteiger partial charge in [0.25, 0.3) is 0 Å². The first-order valence-corrected chi connectivity index (χ1v) is 13.7. The number of carbonyl (C=O) groups excluding carboxylic acids is 3. The molecule has 0 radical (unpaired) electrons. The predicted octanol–water partition coefficient (Wildman–Crippen LogP) is 8.25. The molecule has 5 aromatic rings. The van der Waals surface area contributed by atoms with Crippen molar-refractivity contribution < 1.29 is 14.4 Å². The number of fused-ring (bicyclic) bond motifs is 4. The predicted molar refractivity (Wildman–Crippen MR) is 156 cm³/mol. The van der Waals surface area contributed by atoms with E-state index in [0.29, 0.717) is 31.2 Å². The van der Waals surface area contributed by atoms with Crippen LogP contribution in [0.2, 0.25) is 5.02 Å². The van der Waals surface area contributed by atoms with Crippen molar-refractivity contribution in [3.8, 4) is 22.3 Å². The average Bonchev–Trinajstić information content (AvgIpc) is 2.92. The van der Waals surface area contributed by atoms with Crippen molar-refractivity contribution in [2.24, 2.45) is 0 Å². The Morgan fingerprint density at radius 2 is 1.29 bits per heavy atom. The normalized spacial score (nSPS) is 13.4. The van der Waals surface area contributed by atoms with Gasteiger partial charge in [-0.3, -0.25) is 14.4 Å². The molecule has 0 spiro atoms. The number of carbonyl (C=O) groups is 3. The van der Waals surface area contributed by atoms with Gasteiger partial charge >= 0.3 is 0 Å². The van der Waals surface area contributed by atoms with Crippen LogP contribution in [0.3, 0.4) is 0 Å². The SMILES string of the molecule is Nc1c2c(c(Br)c(Cl)c1-c1cc3c4c(cccc4c1)C(=O)c1ccccc1-3)C(=O)c1c(Br)cccc1C2=O. The fraction of sp³-hybridized carbons (Fsp3) is 0. The third-order valence-electron chi connectivity index (χ3n) is 7.33. The molecule has 0 saturated carbocycles. The highest BCUT2D eigenvalue weighted by atomic mass is 79.9. The number of ketones is 3. The first-order valence-electron chi connectivity index (χ1n) is 11.7. The molecular weight excluding hydrogens is 630 g/mol. The molecule has 2 N–H and O–H groups in total. The quantitative estimate of drug-likeness (QED) is 0.183. The molecule has 4 nitrogen and oxygen atoms in total. The van der Waals surface area contributed by atoms with Gasteiger partial charge in [-0.15, -0.1) is 0 Å². The summed E-state index contributed by atoms with van der Waals surface area (Å²) in [5, 5.41) is 1.94. The number of nitrogens with two attached hydrogens (primary N) is 1. The number of hydrogen-bond acceptors (Lipinski definition) is 4. The van der Waals surface area contributed by atoms with Gasteiger partial charge in [0.2, 0.25) is 0 Å². The molecule has 0 fully saturated rings. The number of anilines is 1. The molecule has 0 aliphatic heterocycles. The van der Waals surface area contributed by atoms with Crippen LogP contribution in [0.15, 0.2) is 81.7 Å². The molecule has 0 aromatic heterocycles. The van der Waals surface area contributed by atoms with Crippen LogP contribution in [0.1, 0.15) is 47.8 Å². The molecule has 182 valence electrons. The molecule has 0 heterocycles. The van der Waals surface area contributed by atoms with Gasteiger partial charge in [0.15, 0.2) is 17.3 Å². The number of benzene rings is 5. The summed E-state index contributed by atoms with van der Waals surface area (Å²) in [5.74, 6) is -0.693. The third-order valence-corrected chi connectivity index (χ3v) is 9.39. The first kappa shape index (κ1) is 23.5. The van der Waals surface area contributed by atoms with Crippen LogP contribution in [0.25, 0.3) is 33.0 Å². The summed E-state index contributed by atoms with van der Waals surface area (Å²) in [4.78, 5) is 40.5. The maximum atomic E-state index is 13.7. The van der Waals surface area contributed by atoms with E-state index in [1.54, 1.807) is 18.2 Å². The van der Waals surface area contributed by atoms with E-state index in [9.17, 15) is 14.4 Å². The molecule has 7 rings (SSSR count). The second-order valence-corrected chi connectivity index (χ2v) is 11.3. The fourth-order valence-electron chi connectivity index (χ4n) is 5.68. The van der Waals surface area contributed by atoms with E-state index in [1.165, 1.54) is 0 Å². The van der Waals surface area contributed by atoms with Gasteiger partial charge in [-0.25, -0.2) is 0 Å². The minimum atomic E-state index is -0.340. The minimum Gasteiger partial charge on any atom is -0.398 e. The van der Waals surface area contributed by atoms with Crippen molar-refractivity contribution in [3.05, 3.63) is 120 Å². The molecule has 0 atom stereocenters. The second-order valence-electron chi connectivity index (χ2n) is 9.29. The van der Waals surface area contributed by atoms with Gasteiger partial charge in [-0.05, 0) is 56.2 Å². The Hall–Kier alpha value is -3.58. The van der Waals surface area contributed by atoms with E-state index >= 15 is 0 Å². The molecule has 2 aliphatic carbocycles. The number of halogens is 3. The lowest BCUT2D eigenvalue weighted by atomic mass is 9.79. The molecule has 38 heavy (non-hydrogen) atoms. The Morgan fingerprint density at radius 1 is 0.605 bits per heavy atom. The fourth-order valence-corrected chi connectivity index (χ4v) is 7.11. The number of nitrogen functional groups attached to an aromatic ring is 1. The summed E-state index contributed by atoms with van der Waals surface area (Å²) in [6, 6.07) is 22.0. The summed E-state index contributed by atoms with van der Waals surface area (Å²) in [6.45, 7) is 0. The van der Waals surface area contributed by atoms with Crippen LogP contribution in [-0.4, -0.2) is 17.3 Å². The van der Waals surface area contributed by atoms with Gasteiger partial charge in [-0.2, -0.15) is 0 Å². The number of hydrogen-bond donors (Lipinski definition) is 1. The van der Waals surface area contributed by atoms with E-state index in [4.69, 9.17) is 17.3 Å². The van der Waals surface area contributed by atoms with Gasteiger partial charge in [0.1, 0.15) is 0 Å². The van der Waals surface area contributed by atoms with Gasteiger partial charge in [0.05, 0.1) is 21.8 Å². The summed E-state index contributed by atoms with van der Waals surface area (Å²) in [7, 11) is 0. The zero-order valence-electron chi connectivity index (χ0n) is 19.4. The number of rotatable bonds is 1. The first-order chi connectivity index (χ1) is 18.3. The van der Waals surface area contributed by atoms with Crippen molar-refractivity contribution in [1.82, 2.24) is 0 Å². The lowest BCUT2D eigenvalue weighted by Gasteiger charge is -2.25. The molecular formula is C31H14Br2ClNO3. The Bertz CT molecular complexity index is 1980. The molecule has 0 amide bonds. The van der Waals surface area contributed by atoms with E-state index in [1.807, 2.05) is 54.6 Å². The van der Waals surface area contributed by atoms with E-state index in [0.717, 1.165) is 21.9 Å². The molecule has 0 unspecified atom stereocenters. The van der Waals surface area contributed by atoms with Crippen molar-refractivity contribution >= 4 is 77.3 Å². The Kier molecular flexibility index (Phi) is 5.08. The maximum absolute atomic E-state index is 13.7. The summed E-state index contributed by atoms with van der Waals surface area (Å²) in [5.41, 5.74) is 11.8. The highest BCUT2D eigenvalue weighted by molar-refractivity contribution is 9.11. The lowest BCUT2D eigenvalue weighted by molar-refractivity contribution is 0.0978. The van der Waals surface area contributed by atoms with Crippen LogP contribution in [-0.2, 0) is 0 Å². The molecule has 5 aromatic carbocycles. The summed E-state index contributed by atoms with van der Waals surface area (Å²) in [6.07, 6.45) is 0. The summed E-state index contributed by atoms with van der Waals surface area (Å²) >= 11 is 13.8.